The van der Waals surface area contributed by atoms with Crippen LogP contribution in [0.1, 0.15) is 50.5 Å². The van der Waals surface area contributed by atoms with Gasteiger partial charge in [0.2, 0.25) is 0 Å². The first-order valence-corrected chi connectivity index (χ1v) is 9.05. The van der Waals surface area contributed by atoms with Crippen molar-refractivity contribution in [1.29, 1.82) is 0 Å². The molecule has 0 amide bonds. The van der Waals surface area contributed by atoms with Crippen molar-refractivity contribution in [2.45, 2.75) is 51.0 Å². The van der Waals surface area contributed by atoms with Crippen molar-refractivity contribution < 1.29 is 14.3 Å². The molecule has 1 aromatic rings. The number of benzene rings is 1. The largest absolute Gasteiger partial charge is 0.483 e. The maximum absolute atomic E-state index is 11.6. The summed E-state index contributed by atoms with van der Waals surface area (Å²) in [5.41, 5.74) is 1.25. The van der Waals surface area contributed by atoms with Gasteiger partial charge in [0.05, 0.1) is 0 Å². The molecule has 0 N–H and O–H groups in total. The number of ether oxygens (including phenoxy) is 2. The van der Waals surface area contributed by atoms with Crippen molar-refractivity contribution in [3.63, 3.8) is 0 Å². The van der Waals surface area contributed by atoms with Gasteiger partial charge in [0.1, 0.15) is 17.8 Å². The number of hydrogen-bond donors (Lipinski definition) is 0. The predicted molar refractivity (Wildman–Crippen MR) is 86.8 cm³/mol. The van der Waals surface area contributed by atoms with Crippen LogP contribution in [-0.2, 0) is 9.53 Å². The Labute approximate surface area is 131 Å². The normalized spacial score (nSPS) is 21.8. The summed E-state index contributed by atoms with van der Waals surface area (Å²) in [5.74, 6) is 1.79. The highest BCUT2D eigenvalue weighted by Crippen LogP contribution is 2.35. The third kappa shape index (κ3) is 4.67. The Bertz CT molecular complexity index is 444. The Morgan fingerprint density at radius 2 is 1.95 bits per heavy atom. The minimum Gasteiger partial charge on any atom is -0.483 e. The van der Waals surface area contributed by atoms with Crippen LogP contribution in [0.3, 0.4) is 0 Å². The van der Waals surface area contributed by atoms with Gasteiger partial charge in [-0.3, -0.25) is 4.79 Å². The number of carbonyl (C=O) groups excluding carboxylic acids is 1. The van der Waals surface area contributed by atoms with E-state index < -0.39 is 0 Å². The van der Waals surface area contributed by atoms with E-state index in [-0.39, 0.29) is 12.1 Å². The molecule has 3 nitrogen and oxygen atoms in total. The van der Waals surface area contributed by atoms with E-state index in [0.717, 1.165) is 25.0 Å². The second-order valence-electron chi connectivity index (χ2n) is 5.39. The molecular weight excluding hydrogens is 284 g/mol. The predicted octanol–water partition coefficient (Wildman–Crippen LogP) is 4.37. The first-order chi connectivity index (χ1) is 10.2. The van der Waals surface area contributed by atoms with Crippen molar-refractivity contribution in [1.82, 2.24) is 0 Å². The van der Waals surface area contributed by atoms with Crippen molar-refractivity contribution in [2.75, 3.05) is 12.2 Å². The lowest BCUT2D eigenvalue weighted by Gasteiger charge is -2.31. The molecule has 0 bridgehead atoms. The van der Waals surface area contributed by atoms with Crippen molar-refractivity contribution in [3.05, 3.63) is 29.8 Å². The maximum Gasteiger partial charge on any atom is 0.305 e. The highest BCUT2D eigenvalue weighted by atomic mass is 32.2. The molecule has 1 saturated carbocycles. The highest BCUT2D eigenvalue weighted by Gasteiger charge is 2.29. The third-order valence-corrected chi connectivity index (χ3v) is 4.28. The Balaban J connectivity index is 2.04. The van der Waals surface area contributed by atoms with Crippen molar-refractivity contribution in [3.8, 4) is 5.75 Å². The van der Waals surface area contributed by atoms with Gasteiger partial charge >= 0.3 is 5.97 Å². The maximum atomic E-state index is 11.6. The summed E-state index contributed by atoms with van der Waals surface area (Å²) in [6, 6.07) is 8.24. The number of rotatable bonds is 6. The van der Waals surface area contributed by atoms with Crippen LogP contribution >= 0.6 is 11.8 Å². The summed E-state index contributed by atoms with van der Waals surface area (Å²) in [7, 11) is 0. The van der Waals surface area contributed by atoms with Gasteiger partial charge in [-0.15, -0.1) is 11.8 Å². The van der Waals surface area contributed by atoms with E-state index >= 15 is 0 Å². The van der Waals surface area contributed by atoms with Crippen LogP contribution in [0, 0.1) is 0 Å². The SMILES string of the molecule is CCC(=O)O[C@@H]1CCCC[C@H]1c1ccc(OCSC)cc1. The third-order valence-electron chi connectivity index (χ3n) is 3.93. The first kappa shape index (κ1) is 16.2. The number of hydrogen-bond acceptors (Lipinski definition) is 4. The second-order valence-corrected chi connectivity index (χ2v) is 6.21. The van der Waals surface area contributed by atoms with Gasteiger partial charge < -0.3 is 9.47 Å². The topological polar surface area (TPSA) is 35.5 Å². The van der Waals surface area contributed by atoms with Crippen molar-refractivity contribution in [2.24, 2.45) is 0 Å². The van der Waals surface area contributed by atoms with Crippen LogP contribution in [-0.4, -0.2) is 24.3 Å². The molecule has 0 spiro atoms. The molecule has 0 radical (unpaired) electrons. The fourth-order valence-electron chi connectivity index (χ4n) is 2.81. The lowest BCUT2D eigenvalue weighted by atomic mass is 9.81. The lowest BCUT2D eigenvalue weighted by molar-refractivity contribution is -0.151. The van der Waals surface area contributed by atoms with E-state index in [0.29, 0.717) is 18.3 Å². The Morgan fingerprint density at radius 3 is 2.62 bits per heavy atom. The first-order valence-electron chi connectivity index (χ1n) is 7.65. The van der Waals surface area contributed by atoms with Crippen molar-refractivity contribution >= 4 is 17.7 Å². The standard InChI is InChI=1S/C17H24O3S/c1-3-17(18)20-16-7-5-4-6-15(16)13-8-10-14(11-9-13)19-12-21-2/h8-11,15-16H,3-7,12H2,1-2H3/t15-,16+/m0/s1. The Kier molecular flexibility index (Phi) is 6.43. The van der Waals surface area contributed by atoms with Crippen LogP contribution in [0.4, 0.5) is 0 Å². The molecule has 1 aromatic carbocycles. The van der Waals surface area contributed by atoms with Gasteiger partial charge in [0.25, 0.3) is 0 Å². The molecule has 4 heteroatoms. The average Bonchev–Trinajstić information content (AvgIpc) is 2.54. The van der Waals surface area contributed by atoms with Gasteiger partial charge in [0.15, 0.2) is 0 Å². The number of esters is 1. The Morgan fingerprint density at radius 1 is 1.24 bits per heavy atom. The summed E-state index contributed by atoms with van der Waals surface area (Å²) >= 11 is 1.66. The monoisotopic (exact) mass is 308 g/mol. The molecular formula is C17H24O3S. The molecule has 0 saturated heterocycles. The smallest absolute Gasteiger partial charge is 0.305 e. The van der Waals surface area contributed by atoms with Gasteiger partial charge in [-0.25, -0.2) is 0 Å². The van der Waals surface area contributed by atoms with E-state index in [1.54, 1.807) is 11.8 Å². The minimum atomic E-state index is -0.0909. The van der Waals surface area contributed by atoms with Gasteiger partial charge in [-0.2, -0.15) is 0 Å². The number of carbonyl (C=O) groups is 1. The van der Waals surface area contributed by atoms with E-state index in [2.05, 4.69) is 12.1 Å². The molecule has 1 aliphatic carbocycles. The molecule has 1 fully saturated rings. The van der Waals surface area contributed by atoms with E-state index in [4.69, 9.17) is 9.47 Å². The molecule has 21 heavy (non-hydrogen) atoms. The van der Waals surface area contributed by atoms with Crippen LogP contribution < -0.4 is 4.74 Å². The van der Waals surface area contributed by atoms with Crippen LogP contribution in [0.25, 0.3) is 0 Å². The molecule has 0 aliphatic heterocycles. The fourth-order valence-corrected chi connectivity index (χ4v) is 3.06. The van der Waals surface area contributed by atoms with E-state index in [1.807, 2.05) is 25.3 Å². The zero-order chi connectivity index (χ0) is 15.1. The fraction of sp³-hybridized carbons (Fsp3) is 0.588. The summed E-state index contributed by atoms with van der Waals surface area (Å²) in [4.78, 5) is 11.6. The Hall–Kier alpha value is -1.16. The minimum absolute atomic E-state index is 0.0316. The quantitative estimate of drug-likeness (QED) is 0.577. The van der Waals surface area contributed by atoms with Gasteiger partial charge in [0, 0.05) is 12.3 Å². The summed E-state index contributed by atoms with van der Waals surface area (Å²) < 4.78 is 11.2. The molecule has 2 atom stereocenters. The number of thioether (sulfide) groups is 1. The van der Waals surface area contributed by atoms with Crippen LogP contribution in [0.2, 0.25) is 0 Å². The zero-order valence-corrected chi connectivity index (χ0v) is 13.7. The summed E-state index contributed by atoms with van der Waals surface area (Å²) in [5, 5.41) is 0. The van der Waals surface area contributed by atoms with E-state index in [1.165, 1.54) is 12.0 Å². The van der Waals surface area contributed by atoms with Gasteiger partial charge in [-0.05, 0) is 43.2 Å². The lowest BCUT2D eigenvalue weighted by Crippen LogP contribution is -2.28. The van der Waals surface area contributed by atoms with Gasteiger partial charge in [-0.1, -0.05) is 25.5 Å². The zero-order valence-electron chi connectivity index (χ0n) is 12.8. The molecule has 1 aliphatic rings. The highest BCUT2D eigenvalue weighted by molar-refractivity contribution is 7.98. The molecule has 0 aromatic heterocycles. The molecule has 2 rings (SSSR count). The van der Waals surface area contributed by atoms with Crippen LogP contribution in [0.5, 0.6) is 5.75 Å². The van der Waals surface area contributed by atoms with E-state index in [9.17, 15) is 4.79 Å². The second kappa shape index (κ2) is 8.32. The van der Waals surface area contributed by atoms with Crippen LogP contribution in [0.15, 0.2) is 24.3 Å². The molecule has 0 unspecified atom stereocenters. The summed E-state index contributed by atoms with van der Waals surface area (Å²) in [6.45, 7) is 1.85. The molecule has 0 heterocycles. The average molecular weight is 308 g/mol. The molecule has 116 valence electrons. The summed E-state index contributed by atoms with van der Waals surface area (Å²) in [6.07, 6.45) is 6.91.